The van der Waals surface area contributed by atoms with Crippen molar-refractivity contribution in [3.05, 3.63) is 54.9 Å². The van der Waals surface area contributed by atoms with E-state index in [2.05, 4.69) is 32.5 Å². The van der Waals surface area contributed by atoms with Gasteiger partial charge < -0.3 is 16.0 Å². The summed E-state index contributed by atoms with van der Waals surface area (Å²) in [6.07, 6.45) is 1.34. The van der Waals surface area contributed by atoms with Gasteiger partial charge in [-0.25, -0.2) is 9.97 Å². The summed E-state index contributed by atoms with van der Waals surface area (Å²) in [5.41, 5.74) is -0.246. The van der Waals surface area contributed by atoms with Crippen LogP contribution in [-0.4, -0.2) is 28.0 Å². The molecule has 0 spiro atoms. The molecule has 0 saturated heterocycles. The monoisotopic (exact) mass is 377 g/mol. The fourth-order valence-electron chi connectivity index (χ4n) is 2.72. The molecule has 1 heterocycles. The topological polar surface area (TPSA) is 78.9 Å². The molecule has 3 N–H and O–H groups in total. The van der Waals surface area contributed by atoms with Crippen LogP contribution in [0.1, 0.15) is 18.4 Å². The average molecular weight is 377 g/mol. The van der Waals surface area contributed by atoms with Crippen molar-refractivity contribution in [2.45, 2.75) is 31.1 Å². The maximum absolute atomic E-state index is 12.6. The van der Waals surface area contributed by atoms with Crippen LogP contribution in [0, 0.1) is 0 Å². The normalized spacial score (nSPS) is 18.9. The number of hydrogen-bond donors (Lipinski definition) is 3. The Morgan fingerprint density at radius 2 is 1.70 bits per heavy atom. The third-order valence-electron chi connectivity index (χ3n) is 4.18. The molecule has 0 atom stereocenters. The Kier molecular flexibility index (Phi) is 5.29. The Hall–Kier alpha value is -3.10. The van der Waals surface area contributed by atoms with E-state index in [9.17, 15) is 18.0 Å². The second-order valence-corrected chi connectivity index (χ2v) is 6.18. The van der Waals surface area contributed by atoms with Gasteiger partial charge in [0.05, 0.1) is 5.56 Å². The summed E-state index contributed by atoms with van der Waals surface area (Å²) < 4.78 is 37.9. The summed E-state index contributed by atoms with van der Waals surface area (Å²) in [6.45, 7) is 3.41. The fraction of sp³-hybridized carbons (Fsp3) is 0.278. The highest BCUT2D eigenvalue weighted by molar-refractivity contribution is 5.87. The molecule has 9 heteroatoms. The summed E-state index contributed by atoms with van der Waals surface area (Å²) in [7, 11) is 0. The van der Waals surface area contributed by atoms with E-state index in [-0.39, 0.29) is 18.0 Å². The van der Waals surface area contributed by atoms with Crippen LogP contribution in [0.15, 0.2) is 49.3 Å². The SMILES string of the molecule is C=CC(=O)NC1CC(Nc2nccnc2Nc2ccc(C(F)(F)F)cc2)C1. The fourth-order valence-corrected chi connectivity index (χ4v) is 2.72. The van der Waals surface area contributed by atoms with Crippen molar-refractivity contribution in [3.63, 3.8) is 0 Å². The summed E-state index contributed by atoms with van der Waals surface area (Å²) in [6, 6.07) is 4.88. The maximum atomic E-state index is 12.6. The van der Waals surface area contributed by atoms with E-state index in [1.807, 2.05) is 0 Å². The van der Waals surface area contributed by atoms with Gasteiger partial charge in [-0.1, -0.05) is 6.58 Å². The summed E-state index contributed by atoms with van der Waals surface area (Å²) in [5.74, 6) is 0.703. The second kappa shape index (κ2) is 7.65. The summed E-state index contributed by atoms with van der Waals surface area (Å²) in [4.78, 5) is 19.7. The predicted octanol–water partition coefficient (Wildman–Crippen LogP) is 3.48. The Morgan fingerprint density at radius 1 is 1.07 bits per heavy atom. The largest absolute Gasteiger partial charge is 0.416 e. The molecule has 1 aliphatic carbocycles. The first-order valence-corrected chi connectivity index (χ1v) is 8.30. The maximum Gasteiger partial charge on any atom is 0.416 e. The number of carbonyl (C=O) groups is 1. The number of carbonyl (C=O) groups excluding carboxylic acids is 1. The lowest BCUT2D eigenvalue weighted by Gasteiger charge is -2.36. The molecule has 27 heavy (non-hydrogen) atoms. The molecular formula is C18H18F3N5O. The summed E-state index contributed by atoms with van der Waals surface area (Å²) in [5, 5.41) is 9.01. The van der Waals surface area contributed by atoms with Crippen molar-refractivity contribution in [1.29, 1.82) is 0 Å². The van der Waals surface area contributed by atoms with Crippen LogP contribution in [0.25, 0.3) is 0 Å². The predicted molar refractivity (Wildman–Crippen MR) is 95.5 cm³/mol. The number of halogens is 3. The molecule has 2 aromatic rings. The van der Waals surface area contributed by atoms with Crippen LogP contribution < -0.4 is 16.0 Å². The number of nitrogens with one attached hydrogen (secondary N) is 3. The third-order valence-corrected chi connectivity index (χ3v) is 4.18. The smallest absolute Gasteiger partial charge is 0.364 e. The van der Waals surface area contributed by atoms with E-state index in [0.29, 0.717) is 17.3 Å². The molecule has 6 nitrogen and oxygen atoms in total. The number of hydrogen-bond acceptors (Lipinski definition) is 5. The van der Waals surface area contributed by atoms with E-state index in [1.54, 1.807) is 0 Å². The lowest BCUT2D eigenvalue weighted by atomic mass is 9.86. The van der Waals surface area contributed by atoms with Crippen LogP contribution in [-0.2, 0) is 11.0 Å². The van der Waals surface area contributed by atoms with E-state index in [4.69, 9.17) is 0 Å². The number of amides is 1. The highest BCUT2D eigenvalue weighted by Gasteiger charge is 2.31. The van der Waals surface area contributed by atoms with Gasteiger partial charge in [0, 0.05) is 30.2 Å². The van der Waals surface area contributed by atoms with Gasteiger partial charge in [-0.15, -0.1) is 0 Å². The van der Waals surface area contributed by atoms with E-state index < -0.39 is 11.7 Å². The van der Waals surface area contributed by atoms with Gasteiger partial charge in [0.1, 0.15) is 0 Å². The number of aromatic nitrogens is 2. The van der Waals surface area contributed by atoms with Gasteiger partial charge in [0.25, 0.3) is 0 Å². The van der Waals surface area contributed by atoms with Crippen LogP contribution in [0.4, 0.5) is 30.5 Å². The van der Waals surface area contributed by atoms with Crippen molar-refractivity contribution in [3.8, 4) is 0 Å². The van der Waals surface area contributed by atoms with Gasteiger partial charge in [-0.3, -0.25) is 4.79 Å². The Morgan fingerprint density at radius 3 is 2.30 bits per heavy atom. The minimum absolute atomic E-state index is 0.0796. The molecule has 1 fully saturated rings. The van der Waals surface area contributed by atoms with Crippen molar-refractivity contribution in [2.75, 3.05) is 10.6 Å². The molecule has 0 radical (unpaired) electrons. The minimum Gasteiger partial charge on any atom is -0.364 e. The molecule has 0 unspecified atom stereocenters. The Labute approximate surface area is 153 Å². The quantitative estimate of drug-likeness (QED) is 0.672. The average Bonchev–Trinajstić information content (AvgIpc) is 2.60. The molecule has 0 bridgehead atoms. The summed E-state index contributed by atoms with van der Waals surface area (Å²) >= 11 is 0. The van der Waals surface area contributed by atoms with Crippen molar-refractivity contribution in [1.82, 2.24) is 15.3 Å². The molecular weight excluding hydrogens is 359 g/mol. The Bertz CT molecular complexity index is 816. The molecule has 1 aromatic heterocycles. The van der Waals surface area contributed by atoms with Crippen molar-refractivity contribution in [2.24, 2.45) is 0 Å². The molecule has 1 amide bonds. The molecule has 142 valence electrons. The molecule has 1 saturated carbocycles. The van der Waals surface area contributed by atoms with Crippen molar-refractivity contribution >= 4 is 23.2 Å². The van der Waals surface area contributed by atoms with E-state index in [1.165, 1.54) is 30.6 Å². The zero-order valence-electron chi connectivity index (χ0n) is 14.3. The highest BCUT2D eigenvalue weighted by atomic mass is 19.4. The molecule has 1 aliphatic rings. The molecule has 1 aromatic carbocycles. The van der Waals surface area contributed by atoms with Crippen LogP contribution >= 0.6 is 0 Å². The van der Waals surface area contributed by atoms with Gasteiger partial charge in [-0.2, -0.15) is 13.2 Å². The minimum atomic E-state index is -4.38. The number of benzene rings is 1. The van der Waals surface area contributed by atoms with Gasteiger partial charge in [-0.05, 0) is 43.2 Å². The first-order chi connectivity index (χ1) is 12.8. The van der Waals surface area contributed by atoms with Gasteiger partial charge >= 0.3 is 6.18 Å². The van der Waals surface area contributed by atoms with Crippen LogP contribution in [0.5, 0.6) is 0 Å². The second-order valence-electron chi connectivity index (χ2n) is 6.18. The molecule has 3 rings (SSSR count). The lowest BCUT2D eigenvalue weighted by molar-refractivity contribution is -0.137. The first-order valence-electron chi connectivity index (χ1n) is 8.30. The number of alkyl halides is 3. The van der Waals surface area contributed by atoms with Gasteiger partial charge in [0.15, 0.2) is 11.6 Å². The van der Waals surface area contributed by atoms with Crippen LogP contribution in [0.2, 0.25) is 0 Å². The zero-order valence-corrected chi connectivity index (χ0v) is 14.3. The Balaban J connectivity index is 1.62. The zero-order chi connectivity index (χ0) is 19.4. The molecule has 0 aliphatic heterocycles. The first kappa shape index (κ1) is 18.7. The van der Waals surface area contributed by atoms with Gasteiger partial charge in [0.2, 0.25) is 5.91 Å². The third kappa shape index (κ3) is 4.75. The number of nitrogens with zero attached hydrogens (tertiary/aromatic N) is 2. The standard InChI is InChI=1S/C18H18F3N5O/c1-2-15(27)24-13-9-14(10-13)26-17-16(22-7-8-23-17)25-12-5-3-11(4-6-12)18(19,20)21/h2-8,13-14H,1,9-10H2,(H,22,25)(H,23,26)(H,24,27). The number of rotatable bonds is 6. The van der Waals surface area contributed by atoms with Crippen LogP contribution in [0.3, 0.4) is 0 Å². The van der Waals surface area contributed by atoms with E-state index >= 15 is 0 Å². The lowest BCUT2D eigenvalue weighted by Crippen LogP contribution is -2.49. The number of anilines is 3. The van der Waals surface area contributed by atoms with E-state index in [0.717, 1.165) is 25.0 Å². The van der Waals surface area contributed by atoms with Crippen molar-refractivity contribution < 1.29 is 18.0 Å². The highest BCUT2D eigenvalue weighted by Crippen LogP contribution is 2.31.